The van der Waals surface area contributed by atoms with Crippen LogP contribution in [0.5, 0.6) is 0 Å². The van der Waals surface area contributed by atoms with Crippen molar-refractivity contribution >= 4 is 22.7 Å². The molecule has 2 saturated heterocycles. The Morgan fingerprint density at radius 2 is 1.88 bits per heavy atom. The molecule has 0 nitrogen and oxygen atoms in total. The van der Waals surface area contributed by atoms with Gasteiger partial charge in [0.2, 0.25) is 0 Å². The van der Waals surface area contributed by atoms with Gasteiger partial charge in [-0.25, -0.2) is 0 Å². The van der Waals surface area contributed by atoms with Crippen molar-refractivity contribution in [3.8, 4) is 0 Å². The molecule has 0 amide bonds. The summed E-state index contributed by atoms with van der Waals surface area (Å²) in [5, 5.41) is 0. The quantitative estimate of drug-likeness (QED) is 0.676. The number of halogens is 1. The summed E-state index contributed by atoms with van der Waals surface area (Å²) in [6, 6.07) is 11.3. The van der Waals surface area contributed by atoms with Crippen LogP contribution in [0.2, 0.25) is 0 Å². The fraction of sp³-hybridized carbons (Fsp3) is 0.538. The van der Waals surface area contributed by atoms with Gasteiger partial charge in [0.25, 0.3) is 0 Å². The highest BCUT2D eigenvalue weighted by Crippen LogP contribution is 2.54. The third-order valence-corrected chi connectivity index (χ3v) is 8.98. The maximum absolute atomic E-state index is 2.35. The van der Waals surface area contributed by atoms with Crippen molar-refractivity contribution in [1.29, 1.82) is 0 Å². The minimum absolute atomic E-state index is 0. The molecule has 0 radical (unpaired) electrons. The van der Waals surface area contributed by atoms with Crippen molar-refractivity contribution in [1.82, 2.24) is 0 Å². The number of benzene rings is 1. The molecule has 16 heavy (non-hydrogen) atoms. The minimum atomic E-state index is 0. The normalized spacial score (nSPS) is 32.9. The Kier molecular flexibility index (Phi) is 4.31. The molecule has 0 N–H and O–H groups in total. The number of hydrogen-bond acceptors (Lipinski definition) is 1. The Labute approximate surface area is 116 Å². The highest BCUT2D eigenvalue weighted by atomic mass is 79.9. The summed E-state index contributed by atoms with van der Waals surface area (Å²) < 4.78 is 0.527. The Bertz CT molecular complexity index is 341. The second-order valence-corrected chi connectivity index (χ2v) is 8.48. The molecule has 2 heterocycles. The molecule has 2 atom stereocenters. The molecule has 1 aromatic carbocycles. The van der Waals surface area contributed by atoms with Crippen LogP contribution in [0.4, 0.5) is 0 Å². The summed E-state index contributed by atoms with van der Waals surface area (Å²) >= 11 is 2.24. The predicted molar refractivity (Wildman–Crippen MR) is 71.5 cm³/mol. The average Bonchev–Trinajstić information content (AvgIpc) is 2.75. The number of rotatable bonds is 1. The van der Waals surface area contributed by atoms with E-state index in [2.05, 4.69) is 42.1 Å². The van der Waals surface area contributed by atoms with Crippen LogP contribution in [-0.4, -0.2) is 17.3 Å². The Hall–Kier alpha value is 0.400. The van der Waals surface area contributed by atoms with Crippen LogP contribution in [0.15, 0.2) is 30.3 Å². The van der Waals surface area contributed by atoms with Crippen LogP contribution in [0.1, 0.15) is 24.8 Å². The molecule has 2 fully saturated rings. The minimum Gasteiger partial charge on any atom is -1.00 e. The van der Waals surface area contributed by atoms with Crippen LogP contribution in [-0.2, 0) is 15.0 Å². The van der Waals surface area contributed by atoms with E-state index >= 15 is 0 Å². The summed E-state index contributed by atoms with van der Waals surface area (Å²) in [6.07, 6.45) is 4.33. The third-order valence-electron chi connectivity index (χ3n) is 3.49. The van der Waals surface area contributed by atoms with Crippen LogP contribution in [0.3, 0.4) is 0 Å². The molecule has 0 saturated carbocycles. The molecule has 3 rings (SSSR count). The summed E-state index contributed by atoms with van der Waals surface area (Å²) in [5.41, 5.74) is 1.61. The molecular weight excluding hydrogens is 300 g/mol. The molecule has 0 bridgehead atoms. The van der Waals surface area contributed by atoms with E-state index in [0.717, 1.165) is 0 Å². The zero-order valence-corrected chi connectivity index (χ0v) is 12.5. The largest absolute Gasteiger partial charge is 1.00 e. The lowest BCUT2D eigenvalue weighted by atomic mass is 10.1. The zero-order chi connectivity index (χ0) is 10.1. The summed E-state index contributed by atoms with van der Waals surface area (Å²) in [5.74, 6) is 4.35. The number of hydrogen-bond donors (Lipinski definition) is 0. The van der Waals surface area contributed by atoms with Gasteiger partial charge < -0.3 is 17.0 Å². The standard InChI is InChI=1S/C13H17S2.BrH/c1-2-6-12(7-3-1)13-8-4-5-10-15(13)11-9-14-13;/h1-3,6-7H,4-5,8-11H2;1H/q+1;/p-1. The van der Waals surface area contributed by atoms with Gasteiger partial charge in [-0.05, 0) is 12.8 Å². The zero-order valence-electron chi connectivity index (χ0n) is 9.32. The average molecular weight is 317 g/mol. The van der Waals surface area contributed by atoms with E-state index in [-0.39, 0.29) is 17.0 Å². The first kappa shape index (κ1) is 12.8. The SMILES string of the molecule is [Br-].c1ccc(C23CCCC[S+]2CCS3)cc1. The van der Waals surface area contributed by atoms with E-state index in [1.807, 2.05) is 0 Å². The van der Waals surface area contributed by atoms with E-state index in [1.54, 1.807) is 5.56 Å². The van der Waals surface area contributed by atoms with Crippen LogP contribution in [0, 0.1) is 0 Å². The molecule has 2 aliphatic rings. The topological polar surface area (TPSA) is 0 Å². The van der Waals surface area contributed by atoms with Gasteiger partial charge >= 0.3 is 0 Å². The maximum Gasteiger partial charge on any atom is 0.198 e. The van der Waals surface area contributed by atoms with Crippen molar-refractivity contribution in [3.05, 3.63) is 35.9 Å². The third kappa shape index (κ3) is 2.06. The summed E-state index contributed by atoms with van der Waals surface area (Å²) in [4.78, 5) is 0. The molecule has 0 spiro atoms. The second kappa shape index (κ2) is 5.36. The molecule has 0 aliphatic carbocycles. The highest BCUT2D eigenvalue weighted by Gasteiger charge is 2.54. The van der Waals surface area contributed by atoms with Crippen molar-refractivity contribution in [2.24, 2.45) is 0 Å². The summed E-state index contributed by atoms with van der Waals surface area (Å²) in [6.45, 7) is 0. The lowest BCUT2D eigenvalue weighted by Gasteiger charge is -2.31. The first-order valence-corrected chi connectivity index (χ1v) is 8.34. The predicted octanol–water partition coefficient (Wildman–Crippen LogP) is 0.392. The lowest BCUT2D eigenvalue weighted by Crippen LogP contribution is -3.00. The molecule has 3 heteroatoms. The van der Waals surface area contributed by atoms with Gasteiger partial charge in [0, 0.05) is 28.6 Å². The van der Waals surface area contributed by atoms with E-state index in [9.17, 15) is 0 Å². The van der Waals surface area contributed by atoms with Crippen molar-refractivity contribution in [3.63, 3.8) is 0 Å². The molecule has 0 aromatic heterocycles. The van der Waals surface area contributed by atoms with Gasteiger partial charge in [-0.3, -0.25) is 0 Å². The van der Waals surface area contributed by atoms with Crippen LogP contribution >= 0.6 is 11.8 Å². The van der Waals surface area contributed by atoms with E-state index in [4.69, 9.17) is 0 Å². The van der Waals surface area contributed by atoms with Gasteiger partial charge in [0.05, 0.1) is 0 Å². The van der Waals surface area contributed by atoms with Crippen LogP contribution < -0.4 is 17.0 Å². The van der Waals surface area contributed by atoms with Crippen molar-refractivity contribution in [2.45, 2.75) is 23.3 Å². The molecule has 1 aromatic rings. The lowest BCUT2D eigenvalue weighted by molar-refractivity contribution is -0.00000290. The van der Waals surface area contributed by atoms with Gasteiger partial charge in [-0.15, -0.1) is 0 Å². The highest BCUT2D eigenvalue weighted by molar-refractivity contribution is 8.19. The first-order valence-electron chi connectivity index (χ1n) is 5.79. The fourth-order valence-corrected chi connectivity index (χ4v) is 8.55. The second-order valence-electron chi connectivity index (χ2n) is 4.33. The summed E-state index contributed by atoms with van der Waals surface area (Å²) in [7, 11) is 0.668. The van der Waals surface area contributed by atoms with Crippen molar-refractivity contribution in [2.75, 3.05) is 17.3 Å². The van der Waals surface area contributed by atoms with E-state index < -0.39 is 0 Å². The molecule has 2 aliphatic heterocycles. The van der Waals surface area contributed by atoms with Crippen LogP contribution in [0.25, 0.3) is 0 Å². The molecular formula is C13H17BrS2. The van der Waals surface area contributed by atoms with E-state index in [1.165, 1.54) is 36.5 Å². The van der Waals surface area contributed by atoms with Gasteiger partial charge in [-0.2, -0.15) is 0 Å². The molecule has 2 unspecified atom stereocenters. The van der Waals surface area contributed by atoms with E-state index in [0.29, 0.717) is 15.0 Å². The smallest absolute Gasteiger partial charge is 0.198 e. The van der Waals surface area contributed by atoms with Crippen molar-refractivity contribution < 1.29 is 17.0 Å². The van der Waals surface area contributed by atoms with Gasteiger partial charge in [-0.1, -0.05) is 42.1 Å². The molecule has 88 valence electrons. The Morgan fingerprint density at radius 3 is 2.69 bits per heavy atom. The number of thioether (sulfide) groups is 1. The van der Waals surface area contributed by atoms with Gasteiger partial charge in [0.1, 0.15) is 11.5 Å². The maximum atomic E-state index is 2.35. The van der Waals surface area contributed by atoms with Gasteiger partial charge in [0.15, 0.2) is 4.08 Å². The Morgan fingerprint density at radius 1 is 1.06 bits per heavy atom. The monoisotopic (exact) mass is 316 g/mol. The number of fused-ring (bicyclic) bond motifs is 1. The fourth-order valence-electron chi connectivity index (χ4n) is 2.76. The first-order chi connectivity index (χ1) is 7.42. The Balaban J connectivity index is 0.000000963.